The molecule has 0 radical (unpaired) electrons. The number of hydrogen-bond donors (Lipinski definition) is 15. The van der Waals surface area contributed by atoms with Crippen molar-refractivity contribution in [3.63, 3.8) is 0 Å². The minimum absolute atomic E-state index is 0.207. The molecule has 17 aliphatic rings. The fourth-order valence-electron chi connectivity index (χ4n) is 12.7. The molecule has 29 heteroatoms. The molecule has 0 amide bonds. The lowest BCUT2D eigenvalue weighted by Crippen LogP contribution is -2.56. The smallest absolute Gasteiger partial charge is 0.0704 e. The summed E-state index contributed by atoms with van der Waals surface area (Å²) in [4.78, 5) is 2.33. The second-order valence-electron chi connectivity index (χ2n) is 30.3. The van der Waals surface area contributed by atoms with Gasteiger partial charge in [0.25, 0.3) is 0 Å². The van der Waals surface area contributed by atoms with Crippen LogP contribution in [0.5, 0.6) is 0 Å². The van der Waals surface area contributed by atoms with Gasteiger partial charge in [-0.15, -0.1) is 0 Å². The largest absolute Gasteiger partial charge is 0.379 e. The number of ether oxygens (including phenoxy) is 12. The Hall–Kier alpha value is -0.770. The third-order valence-corrected chi connectivity index (χ3v) is 19.2. The number of fused-ring (bicyclic) bond motifs is 6. The Kier molecular flexibility index (Phi) is 57.7. The van der Waals surface area contributed by atoms with Crippen LogP contribution in [0.25, 0.3) is 0 Å². The Bertz CT molecular complexity index is 1600. The van der Waals surface area contributed by atoms with E-state index in [2.05, 4.69) is 168 Å². The molecular formula is C74H158N16O12S. The van der Waals surface area contributed by atoms with Crippen molar-refractivity contribution in [1.29, 1.82) is 0 Å². The normalized spacial score (nSPS) is 34.8. The van der Waals surface area contributed by atoms with Gasteiger partial charge in [-0.25, -0.2) is 0 Å². The number of thioether (sulfide) groups is 1. The number of piperazine rings is 2. The first-order valence-corrected chi connectivity index (χ1v) is 41.4. The predicted octanol–water partition coefficient (Wildman–Crippen LogP) is -0.204. The quantitative estimate of drug-likeness (QED) is 0.149. The molecule has 17 aliphatic heterocycles. The van der Waals surface area contributed by atoms with Crippen molar-refractivity contribution in [2.24, 2.45) is 0 Å². The molecule has 17 heterocycles. The van der Waals surface area contributed by atoms with E-state index in [1.807, 2.05) is 11.8 Å². The van der Waals surface area contributed by atoms with Gasteiger partial charge in [-0.2, -0.15) is 11.8 Å². The fraction of sp³-hybridized carbons (Fsp3) is 1.00. The first kappa shape index (κ1) is 94.6. The summed E-state index contributed by atoms with van der Waals surface area (Å²) in [6.45, 7) is 62.6. The van der Waals surface area contributed by atoms with Crippen molar-refractivity contribution >= 4 is 11.8 Å². The molecule has 15 N–H and O–H groups in total. The number of likely N-dealkylation sites (N-methyl/N-ethyl adjacent to an activating group) is 1. The summed E-state index contributed by atoms with van der Waals surface area (Å²) in [5.74, 6) is 2.61. The second kappa shape index (κ2) is 62.8. The van der Waals surface area contributed by atoms with Crippen LogP contribution in [0.1, 0.15) is 102 Å². The number of nitrogens with one attached hydrogen (secondary N) is 15. The Balaban J connectivity index is 0.000000235. The molecule has 103 heavy (non-hydrogen) atoms. The Morgan fingerprint density at radius 2 is 0.699 bits per heavy atom. The van der Waals surface area contributed by atoms with Gasteiger partial charge in [0.1, 0.15) is 0 Å². The number of morpholine rings is 12. The maximum atomic E-state index is 5.53. The molecule has 0 aromatic heterocycles. The van der Waals surface area contributed by atoms with Crippen LogP contribution in [-0.4, -0.2) is 383 Å². The fourth-order valence-corrected chi connectivity index (χ4v) is 13.5. The molecule has 0 aliphatic carbocycles. The van der Waals surface area contributed by atoms with E-state index in [1.54, 1.807) is 0 Å². The molecular weight excluding hydrogens is 1340 g/mol. The van der Waals surface area contributed by atoms with Gasteiger partial charge in [0.15, 0.2) is 0 Å². The Morgan fingerprint density at radius 1 is 0.320 bits per heavy atom. The van der Waals surface area contributed by atoms with E-state index >= 15 is 0 Å². The van der Waals surface area contributed by atoms with Crippen molar-refractivity contribution in [2.75, 3.05) is 282 Å². The van der Waals surface area contributed by atoms with Crippen LogP contribution in [0.4, 0.5) is 0 Å². The van der Waals surface area contributed by atoms with E-state index < -0.39 is 0 Å². The maximum Gasteiger partial charge on any atom is 0.0704 e. The lowest BCUT2D eigenvalue weighted by atomic mass is 10.1. The highest BCUT2D eigenvalue weighted by atomic mass is 32.2. The zero-order valence-electron chi connectivity index (χ0n) is 66.9. The molecule has 6 bridgehead atoms. The van der Waals surface area contributed by atoms with Crippen molar-refractivity contribution < 1.29 is 56.8 Å². The van der Waals surface area contributed by atoms with Gasteiger partial charge in [-0.3, -0.25) is 0 Å². The average molecular weight is 1500 g/mol. The molecule has 0 aromatic rings. The van der Waals surface area contributed by atoms with Crippen LogP contribution in [0.15, 0.2) is 0 Å². The molecule has 4 unspecified atom stereocenters. The highest BCUT2D eigenvalue weighted by Crippen LogP contribution is 2.21. The Labute approximate surface area is 630 Å². The minimum Gasteiger partial charge on any atom is -0.379 e. The van der Waals surface area contributed by atoms with Gasteiger partial charge >= 0.3 is 0 Å². The van der Waals surface area contributed by atoms with Gasteiger partial charge in [-0.05, 0) is 109 Å². The van der Waals surface area contributed by atoms with E-state index in [1.165, 1.54) is 63.4 Å². The van der Waals surface area contributed by atoms with E-state index in [-0.39, 0.29) is 5.54 Å². The van der Waals surface area contributed by atoms with Crippen molar-refractivity contribution in [1.82, 2.24) is 84.7 Å². The summed E-state index contributed by atoms with van der Waals surface area (Å²) in [5.41, 5.74) is 0.207. The monoisotopic (exact) mass is 1500 g/mol. The molecule has 612 valence electrons. The molecule has 17 saturated heterocycles. The van der Waals surface area contributed by atoms with E-state index in [9.17, 15) is 0 Å². The zero-order chi connectivity index (χ0) is 74.1. The molecule has 17 rings (SSSR count). The first-order chi connectivity index (χ1) is 50.0. The molecule has 28 nitrogen and oxygen atoms in total. The maximum absolute atomic E-state index is 5.53. The van der Waals surface area contributed by atoms with Crippen molar-refractivity contribution in [3.8, 4) is 0 Å². The Morgan fingerprint density at radius 3 is 0.922 bits per heavy atom. The van der Waals surface area contributed by atoms with Gasteiger partial charge in [0.2, 0.25) is 0 Å². The van der Waals surface area contributed by atoms with Crippen LogP contribution in [0, 0.1) is 0 Å². The molecule has 17 fully saturated rings. The minimum atomic E-state index is 0.207. The molecule has 0 spiro atoms. The summed E-state index contributed by atoms with van der Waals surface area (Å²) in [6, 6.07) is 6.66. The zero-order valence-corrected chi connectivity index (χ0v) is 67.8. The molecule has 0 saturated carbocycles. The first-order valence-electron chi connectivity index (χ1n) is 40.3. The van der Waals surface area contributed by atoms with E-state index in [0.29, 0.717) is 90.8 Å². The van der Waals surface area contributed by atoms with Crippen molar-refractivity contribution in [3.05, 3.63) is 0 Å². The van der Waals surface area contributed by atoms with Gasteiger partial charge < -0.3 is 141 Å². The second-order valence-corrected chi connectivity index (χ2v) is 31.6. The number of hydrogen-bond acceptors (Lipinski definition) is 29. The summed E-state index contributed by atoms with van der Waals surface area (Å²) in [7, 11) is 2.15. The van der Waals surface area contributed by atoms with E-state index in [4.69, 9.17) is 56.8 Å². The summed E-state index contributed by atoms with van der Waals surface area (Å²) >= 11 is 2.03. The predicted molar refractivity (Wildman–Crippen MR) is 420 cm³/mol. The third-order valence-electron chi connectivity index (χ3n) is 18.2. The van der Waals surface area contributed by atoms with Crippen LogP contribution in [0.2, 0.25) is 0 Å². The van der Waals surface area contributed by atoms with Crippen LogP contribution in [-0.2, 0) is 56.8 Å². The standard InChI is InChI=1S/C6H11NO2.2C6H11NO.4C6H13NO.C5H12N2.3C5H11NO.C4H10N2.C4H9NO.C4H9NS/c1-5-2-9-4-6(7-5)3-8-1;1-2-6-4-8-3-5(1)7-6;1-2-6-4-7-3-5(1)8-6;3*1-5-3-8-4-6(2)7-5;1-6(2)5-8-4-3-7-6;1-7-4-2-6-3-5-7;2*1-5-4-7-3-2-6-5;1-5-4-6-2-3-7-5;1-2-6-4-3-5-1;2*1-3-6-4-2-5-1/h5-7H,1-4H2;2*5-7H,1-4H2;3*5-7H,3-4H2,1-2H3;7H,3-5H2,1-2H3;6H,2-5H2,1H3;3*5-6H,2-4H2,1H3;5-6H,1-4H2;2*5H,1-4H2/t;;;5-,6+;2*5-,6-;;;3*5-;;;/m....10..101.../s1. The highest BCUT2D eigenvalue weighted by molar-refractivity contribution is 7.99. The van der Waals surface area contributed by atoms with Gasteiger partial charge in [-0.1, -0.05) is 0 Å². The summed E-state index contributed by atoms with van der Waals surface area (Å²) < 4.78 is 62.8. The van der Waals surface area contributed by atoms with E-state index in [0.717, 1.165) is 237 Å². The summed E-state index contributed by atoms with van der Waals surface area (Å²) in [6.07, 6.45) is 6.72. The lowest BCUT2D eigenvalue weighted by Gasteiger charge is -2.35. The lowest BCUT2D eigenvalue weighted by molar-refractivity contribution is -0.0556. The highest BCUT2D eigenvalue weighted by Gasteiger charge is 2.30. The van der Waals surface area contributed by atoms with Crippen LogP contribution in [0.3, 0.4) is 0 Å². The topological polar surface area (TPSA) is 294 Å². The summed E-state index contributed by atoms with van der Waals surface area (Å²) in [5, 5.41) is 49.5. The SMILES string of the molecule is C1CC2CNCC1O2.C1CC2COCC1N2.C1CNCCN1.C1COCCN1.C1CSCCN1.C1OCC2COCC1N2.CC1(C)COCCN1.CN1CCNCC1.C[C@@H]1CNCCO1.C[C@@H]1COCCN1.C[C@@H]1COC[C@@H](C)N1.C[C@@H]1COC[C@H](C)N1.C[C@H]1COCCN1.C[C@H]1COC[C@H](C)N1. The van der Waals surface area contributed by atoms with Gasteiger partial charge in [0.05, 0.1) is 169 Å². The van der Waals surface area contributed by atoms with Crippen LogP contribution < -0.4 is 79.8 Å². The molecule has 0 aromatic carbocycles. The third kappa shape index (κ3) is 54.5. The number of rotatable bonds is 0. The average Bonchev–Trinajstić information content (AvgIpc) is 1.87. The molecule has 13 atom stereocenters. The van der Waals surface area contributed by atoms with Crippen molar-refractivity contribution in [2.45, 2.75) is 198 Å². The van der Waals surface area contributed by atoms with Gasteiger partial charge in [0, 0.05) is 202 Å². The number of nitrogens with zero attached hydrogens (tertiary/aromatic N) is 1. The van der Waals surface area contributed by atoms with Crippen LogP contribution >= 0.6 is 11.8 Å².